The van der Waals surface area contributed by atoms with Crippen molar-refractivity contribution in [2.24, 2.45) is 0 Å². The van der Waals surface area contributed by atoms with Crippen molar-refractivity contribution in [1.29, 1.82) is 0 Å². The first-order valence-corrected chi connectivity index (χ1v) is 9.91. The third kappa shape index (κ3) is 3.39. The summed E-state index contributed by atoms with van der Waals surface area (Å²) in [6.45, 7) is 8.04. The Hall–Kier alpha value is -0.720. The number of rotatable bonds is 4. The summed E-state index contributed by atoms with van der Waals surface area (Å²) in [5, 5.41) is 0. The molecule has 6 heteroatoms. The monoisotopic (exact) mass is 397 g/mol. The molecule has 0 aliphatic heterocycles. The molecular weight excluding hydrogens is 374 g/mol. The molecule has 23 heavy (non-hydrogen) atoms. The molecule has 0 N–H and O–H groups in total. The number of fused-ring (bicyclic) bond motifs is 1. The molecule has 0 radical (unpaired) electrons. The number of halogens is 1. The van der Waals surface area contributed by atoms with Gasteiger partial charge in [-0.15, -0.1) is 0 Å². The standard InChI is InChI=1S/C17H24BrN3OS/c1-11(20(5)23(22)17(2,3)4)15-10-21-9-13(12-6-7-12)8-14(18)16(21)19-15/h8-12H,6-7H2,1-5H3. The molecule has 1 fully saturated rings. The lowest BCUT2D eigenvalue weighted by molar-refractivity contribution is 0.411. The van der Waals surface area contributed by atoms with Crippen molar-refractivity contribution in [1.82, 2.24) is 13.7 Å². The number of imidazole rings is 1. The number of hydrogen-bond donors (Lipinski definition) is 0. The zero-order valence-electron chi connectivity index (χ0n) is 14.3. The Morgan fingerprint density at radius 2 is 2.04 bits per heavy atom. The van der Waals surface area contributed by atoms with Crippen LogP contribution < -0.4 is 0 Å². The minimum Gasteiger partial charge on any atom is -0.306 e. The molecule has 3 rings (SSSR count). The second-order valence-corrected chi connectivity index (χ2v) is 10.5. The van der Waals surface area contributed by atoms with Crippen LogP contribution in [0.5, 0.6) is 0 Å². The quantitative estimate of drug-likeness (QED) is 0.764. The molecule has 2 atom stereocenters. The highest BCUT2D eigenvalue weighted by Gasteiger charge is 2.29. The molecule has 0 amide bonds. The molecule has 4 nitrogen and oxygen atoms in total. The fourth-order valence-electron chi connectivity index (χ4n) is 2.70. The lowest BCUT2D eigenvalue weighted by atomic mass is 10.2. The molecule has 1 aliphatic carbocycles. The van der Waals surface area contributed by atoms with Gasteiger partial charge >= 0.3 is 0 Å². The summed E-state index contributed by atoms with van der Waals surface area (Å²) in [4.78, 5) is 4.76. The summed E-state index contributed by atoms with van der Waals surface area (Å²) < 4.78 is 17.4. The predicted octanol–water partition coefficient (Wildman–Crippen LogP) is 4.43. The minimum absolute atomic E-state index is 0.00812. The Balaban J connectivity index is 1.93. The molecule has 0 saturated heterocycles. The SMILES string of the molecule is CC(c1cn2cc(C3CC3)cc(Br)c2n1)N(C)S(=O)C(C)(C)C. The van der Waals surface area contributed by atoms with Gasteiger partial charge in [-0.25, -0.2) is 13.5 Å². The molecule has 2 unspecified atom stereocenters. The van der Waals surface area contributed by atoms with E-state index in [4.69, 9.17) is 4.98 Å². The van der Waals surface area contributed by atoms with Crippen molar-refractivity contribution in [3.63, 3.8) is 0 Å². The van der Waals surface area contributed by atoms with Crippen LogP contribution in [0.25, 0.3) is 5.65 Å². The van der Waals surface area contributed by atoms with Gasteiger partial charge in [-0.1, -0.05) is 0 Å². The lowest BCUT2D eigenvalue weighted by Crippen LogP contribution is -2.36. The zero-order chi connectivity index (χ0) is 16.9. The number of hydrogen-bond acceptors (Lipinski definition) is 2. The van der Waals surface area contributed by atoms with Crippen LogP contribution in [0, 0.1) is 0 Å². The first kappa shape index (κ1) is 17.1. The average molecular weight is 398 g/mol. The van der Waals surface area contributed by atoms with E-state index in [1.807, 2.05) is 32.1 Å². The second-order valence-electron chi connectivity index (χ2n) is 7.38. The summed E-state index contributed by atoms with van der Waals surface area (Å²) in [5.41, 5.74) is 3.23. The maximum absolute atomic E-state index is 12.6. The van der Waals surface area contributed by atoms with E-state index in [-0.39, 0.29) is 10.8 Å². The normalized spacial score (nSPS) is 18.6. The van der Waals surface area contributed by atoms with Gasteiger partial charge in [-0.3, -0.25) is 0 Å². The van der Waals surface area contributed by atoms with Crippen LogP contribution in [0.1, 0.15) is 63.8 Å². The third-order valence-electron chi connectivity index (χ3n) is 4.35. The fourth-order valence-corrected chi connectivity index (χ4v) is 4.52. The van der Waals surface area contributed by atoms with Crippen LogP contribution in [0.3, 0.4) is 0 Å². The topological polar surface area (TPSA) is 37.6 Å². The number of pyridine rings is 1. The van der Waals surface area contributed by atoms with E-state index in [2.05, 4.69) is 45.7 Å². The van der Waals surface area contributed by atoms with Gasteiger partial charge in [-0.2, -0.15) is 0 Å². The van der Waals surface area contributed by atoms with E-state index < -0.39 is 11.0 Å². The lowest BCUT2D eigenvalue weighted by Gasteiger charge is -2.29. The van der Waals surface area contributed by atoms with Gasteiger partial charge in [0.1, 0.15) is 11.0 Å². The van der Waals surface area contributed by atoms with Crippen LogP contribution >= 0.6 is 15.9 Å². The molecule has 2 heterocycles. The van der Waals surface area contributed by atoms with E-state index in [0.717, 1.165) is 15.8 Å². The Morgan fingerprint density at radius 3 is 2.61 bits per heavy atom. The van der Waals surface area contributed by atoms with Crippen LogP contribution in [-0.2, 0) is 11.0 Å². The van der Waals surface area contributed by atoms with Crippen LogP contribution in [0.15, 0.2) is 22.9 Å². The third-order valence-corrected chi connectivity index (χ3v) is 6.82. The van der Waals surface area contributed by atoms with Gasteiger partial charge in [0.25, 0.3) is 0 Å². The van der Waals surface area contributed by atoms with Gasteiger partial charge in [-0.05, 0) is 74.0 Å². The van der Waals surface area contributed by atoms with Gasteiger partial charge in [0.15, 0.2) is 5.65 Å². The van der Waals surface area contributed by atoms with Crippen molar-refractivity contribution in [2.75, 3.05) is 7.05 Å². The van der Waals surface area contributed by atoms with Crippen molar-refractivity contribution < 1.29 is 4.21 Å². The van der Waals surface area contributed by atoms with Crippen molar-refractivity contribution in [2.45, 2.75) is 57.2 Å². The summed E-state index contributed by atoms with van der Waals surface area (Å²) in [6.07, 6.45) is 6.81. The number of nitrogens with zero attached hydrogens (tertiary/aromatic N) is 3. The minimum atomic E-state index is -1.07. The molecular formula is C17H24BrN3OS. The molecule has 2 aromatic rings. The molecule has 0 spiro atoms. The molecule has 0 aromatic carbocycles. The smallest absolute Gasteiger partial charge is 0.151 e. The Morgan fingerprint density at radius 1 is 1.39 bits per heavy atom. The van der Waals surface area contributed by atoms with Crippen molar-refractivity contribution in [3.8, 4) is 0 Å². The van der Waals surface area contributed by atoms with Gasteiger partial charge in [0.05, 0.1) is 21.0 Å². The van der Waals surface area contributed by atoms with Gasteiger partial charge in [0, 0.05) is 19.4 Å². The highest BCUT2D eigenvalue weighted by molar-refractivity contribution is 9.10. The van der Waals surface area contributed by atoms with Crippen LogP contribution in [0.2, 0.25) is 0 Å². The molecule has 2 aromatic heterocycles. The highest BCUT2D eigenvalue weighted by Crippen LogP contribution is 2.41. The van der Waals surface area contributed by atoms with E-state index >= 15 is 0 Å². The average Bonchev–Trinajstić information content (AvgIpc) is 3.23. The first-order chi connectivity index (χ1) is 10.7. The maximum Gasteiger partial charge on any atom is 0.151 e. The molecule has 1 saturated carbocycles. The van der Waals surface area contributed by atoms with E-state index in [0.29, 0.717) is 5.92 Å². The van der Waals surface area contributed by atoms with Crippen molar-refractivity contribution >= 4 is 32.6 Å². The van der Waals surface area contributed by atoms with Gasteiger partial charge < -0.3 is 4.40 Å². The van der Waals surface area contributed by atoms with Crippen molar-refractivity contribution in [3.05, 3.63) is 34.2 Å². The van der Waals surface area contributed by atoms with Crippen LogP contribution in [0.4, 0.5) is 0 Å². The Kier molecular flexibility index (Phi) is 4.44. The van der Waals surface area contributed by atoms with E-state index in [9.17, 15) is 4.21 Å². The largest absolute Gasteiger partial charge is 0.306 e. The summed E-state index contributed by atoms with van der Waals surface area (Å²) >= 11 is 3.65. The van der Waals surface area contributed by atoms with E-state index in [1.54, 1.807) is 0 Å². The Bertz CT molecular complexity index is 761. The Labute approximate surface area is 149 Å². The zero-order valence-corrected chi connectivity index (χ0v) is 16.7. The summed E-state index contributed by atoms with van der Waals surface area (Å²) in [5.74, 6) is 0.704. The maximum atomic E-state index is 12.6. The highest BCUT2D eigenvalue weighted by atomic mass is 79.9. The summed E-state index contributed by atoms with van der Waals surface area (Å²) in [7, 11) is 0.834. The number of aromatic nitrogens is 2. The molecule has 126 valence electrons. The predicted molar refractivity (Wildman–Crippen MR) is 98.9 cm³/mol. The molecule has 0 bridgehead atoms. The second kappa shape index (κ2) is 5.97. The van der Waals surface area contributed by atoms with Gasteiger partial charge in [0.2, 0.25) is 0 Å². The first-order valence-electron chi connectivity index (χ1n) is 8.01. The fraction of sp³-hybridized carbons (Fsp3) is 0.588. The van der Waals surface area contributed by atoms with E-state index in [1.165, 1.54) is 18.4 Å². The summed E-state index contributed by atoms with van der Waals surface area (Å²) in [6, 6.07) is 2.18. The molecule has 1 aliphatic rings. The van der Waals surface area contributed by atoms with Crippen LogP contribution in [-0.4, -0.2) is 29.7 Å².